The van der Waals surface area contributed by atoms with Crippen LogP contribution in [0.2, 0.25) is 0 Å². The minimum atomic E-state index is 0.474. The Hall–Kier alpha value is -2.10. The smallest absolute Gasteiger partial charge is 0.233 e. The van der Waals surface area contributed by atoms with Gasteiger partial charge in [0.15, 0.2) is 6.73 Å². The molecule has 0 N–H and O–H groups in total. The Morgan fingerprint density at radius 3 is 2.59 bits per heavy atom. The third kappa shape index (κ3) is 1.71. The van der Waals surface area contributed by atoms with Gasteiger partial charge in [0.05, 0.1) is 5.69 Å². The molecule has 0 saturated carbocycles. The number of hydrogen-bond acceptors (Lipinski definition) is 4. The lowest BCUT2D eigenvalue weighted by molar-refractivity contribution is 0.356. The summed E-state index contributed by atoms with van der Waals surface area (Å²) in [5.41, 5.74) is 2.96. The third-order valence-electron chi connectivity index (χ3n) is 2.72. The molecule has 86 valence electrons. The normalized spacial score (nSPS) is 13.4. The Kier molecular flexibility index (Phi) is 2.21. The van der Waals surface area contributed by atoms with E-state index in [1.807, 2.05) is 49.1 Å². The van der Waals surface area contributed by atoms with Crippen LogP contribution in [0.25, 0.3) is 0 Å². The van der Waals surface area contributed by atoms with Crippen LogP contribution in [0, 0.1) is 13.8 Å². The van der Waals surface area contributed by atoms with Crippen molar-refractivity contribution in [1.82, 2.24) is 9.97 Å². The lowest BCUT2D eigenvalue weighted by Gasteiger charge is -2.14. The van der Waals surface area contributed by atoms with Gasteiger partial charge >= 0.3 is 0 Å². The van der Waals surface area contributed by atoms with Crippen molar-refractivity contribution in [2.45, 2.75) is 13.8 Å². The maximum Gasteiger partial charge on any atom is 0.233 e. The van der Waals surface area contributed by atoms with Gasteiger partial charge in [-0.2, -0.15) is 0 Å². The van der Waals surface area contributed by atoms with Crippen molar-refractivity contribution in [3.05, 3.63) is 41.7 Å². The van der Waals surface area contributed by atoms with Crippen LogP contribution in [0.4, 0.5) is 11.6 Å². The maximum absolute atomic E-state index is 5.59. The van der Waals surface area contributed by atoms with Crippen molar-refractivity contribution >= 4 is 11.6 Å². The molecule has 3 rings (SSSR count). The molecule has 0 saturated heterocycles. The standard InChI is InChI=1S/C13H13N3O/c1-9-7-10(2)15-13(14-9)16-8-17-12-6-4-3-5-11(12)16/h3-7H,8H2,1-2H3. The number of rotatable bonds is 1. The molecule has 0 radical (unpaired) electrons. The molecular weight excluding hydrogens is 214 g/mol. The molecule has 4 heteroatoms. The highest BCUT2D eigenvalue weighted by Gasteiger charge is 2.23. The number of benzene rings is 1. The third-order valence-corrected chi connectivity index (χ3v) is 2.72. The first kappa shape index (κ1) is 10.1. The number of aryl methyl sites for hydroxylation is 2. The lowest BCUT2D eigenvalue weighted by Crippen LogP contribution is -2.18. The molecule has 4 nitrogen and oxygen atoms in total. The van der Waals surface area contributed by atoms with E-state index in [0.29, 0.717) is 12.7 Å². The second-order valence-electron chi connectivity index (χ2n) is 4.12. The lowest BCUT2D eigenvalue weighted by atomic mass is 10.3. The first-order valence-electron chi connectivity index (χ1n) is 5.56. The highest BCUT2D eigenvalue weighted by Crippen LogP contribution is 2.36. The van der Waals surface area contributed by atoms with Crippen molar-refractivity contribution in [2.24, 2.45) is 0 Å². The van der Waals surface area contributed by atoms with E-state index in [1.165, 1.54) is 0 Å². The van der Waals surface area contributed by atoms with Crippen LogP contribution >= 0.6 is 0 Å². The molecular formula is C13H13N3O. The molecule has 0 spiro atoms. The fourth-order valence-corrected chi connectivity index (χ4v) is 2.00. The molecule has 0 fully saturated rings. The Labute approximate surface area is 99.9 Å². The van der Waals surface area contributed by atoms with E-state index in [-0.39, 0.29) is 0 Å². The summed E-state index contributed by atoms with van der Waals surface area (Å²) in [7, 11) is 0. The summed E-state index contributed by atoms with van der Waals surface area (Å²) in [6.45, 7) is 4.42. The second kappa shape index (κ2) is 3.73. The van der Waals surface area contributed by atoms with E-state index >= 15 is 0 Å². The summed E-state index contributed by atoms with van der Waals surface area (Å²) in [6.07, 6.45) is 0. The van der Waals surface area contributed by atoms with Crippen LogP contribution < -0.4 is 9.64 Å². The van der Waals surface area contributed by atoms with Crippen LogP contribution in [-0.2, 0) is 0 Å². The SMILES string of the molecule is Cc1cc(C)nc(N2COc3ccccc32)n1. The molecule has 0 unspecified atom stereocenters. The molecule has 1 aromatic heterocycles. The van der Waals surface area contributed by atoms with E-state index < -0.39 is 0 Å². The van der Waals surface area contributed by atoms with Crippen molar-refractivity contribution in [2.75, 3.05) is 11.6 Å². The molecule has 0 amide bonds. The average Bonchev–Trinajstić information content (AvgIpc) is 2.71. The molecule has 0 bridgehead atoms. The highest BCUT2D eigenvalue weighted by molar-refractivity contribution is 5.67. The highest BCUT2D eigenvalue weighted by atomic mass is 16.5. The van der Waals surface area contributed by atoms with E-state index in [2.05, 4.69) is 9.97 Å². The summed E-state index contributed by atoms with van der Waals surface area (Å²) >= 11 is 0. The Morgan fingerprint density at radius 1 is 1.12 bits per heavy atom. The number of fused-ring (bicyclic) bond motifs is 1. The van der Waals surface area contributed by atoms with Crippen LogP contribution in [0.1, 0.15) is 11.4 Å². The van der Waals surface area contributed by atoms with E-state index in [1.54, 1.807) is 0 Å². The zero-order valence-electron chi connectivity index (χ0n) is 9.84. The number of hydrogen-bond donors (Lipinski definition) is 0. The van der Waals surface area contributed by atoms with E-state index in [9.17, 15) is 0 Å². The number of nitrogens with zero attached hydrogens (tertiary/aromatic N) is 3. The minimum Gasteiger partial charge on any atom is -0.470 e. The molecule has 0 atom stereocenters. The number of anilines is 2. The van der Waals surface area contributed by atoms with Gasteiger partial charge in [0.1, 0.15) is 5.75 Å². The Bertz CT molecular complexity index is 548. The van der Waals surface area contributed by atoms with Gasteiger partial charge in [0.25, 0.3) is 0 Å². The van der Waals surface area contributed by atoms with Gasteiger partial charge in [-0.1, -0.05) is 12.1 Å². The zero-order valence-corrected chi connectivity index (χ0v) is 9.84. The van der Waals surface area contributed by atoms with Crippen LogP contribution in [0.5, 0.6) is 5.75 Å². The first-order chi connectivity index (χ1) is 8.24. The molecule has 0 aliphatic carbocycles. The minimum absolute atomic E-state index is 0.474. The fourth-order valence-electron chi connectivity index (χ4n) is 2.00. The van der Waals surface area contributed by atoms with E-state index in [0.717, 1.165) is 22.8 Å². The first-order valence-corrected chi connectivity index (χ1v) is 5.56. The summed E-state index contributed by atoms with van der Waals surface area (Å²) in [5.74, 6) is 1.59. The van der Waals surface area contributed by atoms with Crippen molar-refractivity contribution in [1.29, 1.82) is 0 Å². The van der Waals surface area contributed by atoms with Crippen molar-refractivity contribution in [3.63, 3.8) is 0 Å². The molecule has 2 aromatic rings. The molecule has 2 heterocycles. The van der Waals surface area contributed by atoms with Crippen LogP contribution in [-0.4, -0.2) is 16.7 Å². The number of para-hydroxylation sites is 2. The predicted molar refractivity (Wildman–Crippen MR) is 65.6 cm³/mol. The second-order valence-corrected chi connectivity index (χ2v) is 4.12. The van der Waals surface area contributed by atoms with E-state index in [4.69, 9.17) is 4.74 Å². The Balaban J connectivity index is 2.06. The largest absolute Gasteiger partial charge is 0.470 e. The van der Waals surface area contributed by atoms with Gasteiger partial charge in [-0.3, -0.25) is 4.90 Å². The number of ether oxygens (including phenoxy) is 1. The van der Waals surface area contributed by atoms with Crippen LogP contribution in [0.15, 0.2) is 30.3 Å². The van der Waals surface area contributed by atoms with Gasteiger partial charge in [-0.15, -0.1) is 0 Å². The summed E-state index contributed by atoms with van der Waals surface area (Å²) in [4.78, 5) is 10.9. The summed E-state index contributed by atoms with van der Waals surface area (Å²) in [5, 5.41) is 0. The topological polar surface area (TPSA) is 38.2 Å². The summed E-state index contributed by atoms with van der Waals surface area (Å²) in [6, 6.07) is 9.89. The van der Waals surface area contributed by atoms with Gasteiger partial charge in [-0.05, 0) is 32.0 Å². The van der Waals surface area contributed by atoms with Gasteiger partial charge < -0.3 is 4.74 Å². The monoisotopic (exact) mass is 227 g/mol. The van der Waals surface area contributed by atoms with Gasteiger partial charge in [-0.25, -0.2) is 9.97 Å². The van der Waals surface area contributed by atoms with Gasteiger partial charge in [0.2, 0.25) is 5.95 Å². The predicted octanol–water partition coefficient (Wildman–Crippen LogP) is 2.58. The average molecular weight is 227 g/mol. The fraction of sp³-hybridized carbons (Fsp3) is 0.231. The quantitative estimate of drug-likeness (QED) is 0.750. The maximum atomic E-state index is 5.59. The molecule has 1 aliphatic heterocycles. The zero-order chi connectivity index (χ0) is 11.8. The van der Waals surface area contributed by atoms with Gasteiger partial charge in [0, 0.05) is 11.4 Å². The molecule has 1 aromatic carbocycles. The van der Waals surface area contributed by atoms with Crippen molar-refractivity contribution in [3.8, 4) is 5.75 Å². The van der Waals surface area contributed by atoms with Crippen LogP contribution in [0.3, 0.4) is 0 Å². The summed E-state index contributed by atoms with van der Waals surface area (Å²) < 4.78 is 5.59. The number of aromatic nitrogens is 2. The molecule has 17 heavy (non-hydrogen) atoms. The van der Waals surface area contributed by atoms with Crippen molar-refractivity contribution < 1.29 is 4.74 Å². The Morgan fingerprint density at radius 2 is 1.82 bits per heavy atom. The molecule has 1 aliphatic rings.